The highest BCUT2D eigenvalue weighted by molar-refractivity contribution is 5.26. The van der Waals surface area contributed by atoms with Gasteiger partial charge in [-0.05, 0) is 12.8 Å². The van der Waals surface area contributed by atoms with E-state index >= 15 is 0 Å². The van der Waals surface area contributed by atoms with Crippen molar-refractivity contribution in [3.63, 3.8) is 0 Å². The maximum Gasteiger partial charge on any atom is 0.318 e. The zero-order valence-electron chi connectivity index (χ0n) is 10.1. The van der Waals surface area contributed by atoms with Crippen molar-refractivity contribution in [2.45, 2.75) is 25.7 Å². The zero-order chi connectivity index (χ0) is 12.5. The summed E-state index contributed by atoms with van der Waals surface area (Å²) < 4.78 is 18.8. The molecule has 0 spiro atoms. The minimum Gasteiger partial charge on any atom is -0.408 e. The number of nitrogens with zero attached hydrogens (tertiary/aromatic N) is 4. The van der Waals surface area contributed by atoms with Crippen molar-refractivity contribution < 1.29 is 8.81 Å². The number of hydrogen-bond donors (Lipinski definition) is 1. The molecule has 0 radical (unpaired) electrons. The molecule has 3 heterocycles. The second-order valence-electron chi connectivity index (χ2n) is 4.50. The van der Waals surface area contributed by atoms with Crippen LogP contribution in [0.4, 0.5) is 10.4 Å². The van der Waals surface area contributed by atoms with Gasteiger partial charge in [0.15, 0.2) is 5.82 Å². The number of H-pyrrole nitrogens is 1. The third kappa shape index (κ3) is 1.96. The molecule has 0 bridgehead atoms. The molecule has 0 saturated carbocycles. The Morgan fingerprint density at radius 2 is 2.17 bits per heavy atom. The fourth-order valence-corrected chi connectivity index (χ4v) is 2.34. The van der Waals surface area contributed by atoms with Gasteiger partial charge in [0.05, 0.1) is 11.9 Å². The Morgan fingerprint density at radius 3 is 2.72 bits per heavy atom. The molecule has 18 heavy (non-hydrogen) atoms. The number of hydrogen-bond acceptors (Lipinski definition) is 5. The van der Waals surface area contributed by atoms with Crippen molar-refractivity contribution in [1.82, 2.24) is 20.4 Å². The van der Waals surface area contributed by atoms with Gasteiger partial charge in [0.1, 0.15) is 0 Å². The van der Waals surface area contributed by atoms with Crippen LogP contribution in [-0.4, -0.2) is 33.5 Å². The summed E-state index contributed by atoms with van der Waals surface area (Å²) in [6.45, 7) is 3.33. The average Bonchev–Trinajstić information content (AvgIpc) is 2.98. The van der Waals surface area contributed by atoms with Crippen molar-refractivity contribution in [1.29, 1.82) is 0 Å². The normalized spacial score (nSPS) is 17.3. The Balaban J connectivity index is 1.66. The van der Waals surface area contributed by atoms with E-state index in [4.69, 9.17) is 4.42 Å². The quantitative estimate of drug-likeness (QED) is 0.878. The minimum absolute atomic E-state index is 0.188. The number of aryl methyl sites for hydroxylation is 1. The first-order chi connectivity index (χ1) is 8.74. The topological polar surface area (TPSA) is 70.8 Å². The summed E-state index contributed by atoms with van der Waals surface area (Å²) in [5.41, 5.74) is 0.608. The fraction of sp³-hybridized carbons (Fsp3) is 0.545. The second-order valence-corrected chi connectivity index (χ2v) is 4.50. The van der Waals surface area contributed by atoms with Crippen LogP contribution in [0.2, 0.25) is 0 Å². The van der Waals surface area contributed by atoms with Gasteiger partial charge in [-0.15, -0.1) is 5.10 Å². The Morgan fingerprint density at radius 1 is 1.39 bits per heavy atom. The zero-order valence-corrected chi connectivity index (χ0v) is 10.1. The van der Waals surface area contributed by atoms with Crippen molar-refractivity contribution in [2.75, 3.05) is 18.0 Å². The number of rotatable bonds is 2. The van der Waals surface area contributed by atoms with Gasteiger partial charge in [-0.2, -0.15) is 5.10 Å². The molecule has 1 aliphatic rings. The van der Waals surface area contributed by atoms with Crippen LogP contribution in [0, 0.1) is 12.7 Å². The number of aromatic nitrogens is 4. The number of halogens is 1. The summed E-state index contributed by atoms with van der Waals surface area (Å²) >= 11 is 0. The lowest BCUT2D eigenvalue weighted by atomic mass is 9.93. The van der Waals surface area contributed by atoms with Crippen molar-refractivity contribution in [3.8, 4) is 0 Å². The second kappa shape index (κ2) is 4.40. The third-order valence-electron chi connectivity index (χ3n) is 3.31. The summed E-state index contributed by atoms with van der Waals surface area (Å²) in [7, 11) is 0. The molecule has 6 nitrogen and oxygen atoms in total. The van der Waals surface area contributed by atoms with Gasteiger partial charge in [0.25, 0.3) is 0 Å². The van der Waals surface area contributed by atoms with E-state index in [0.717, 1.165) is 25.9 Å². The number of nitrogens with one attached hydrogen (secondary N) is 1. The summed E-state index contributed by atoms with van der Waals surface area (Å²) in [6.07, 6.45) is 2.92. The van der Waals surface area contributed by atoms with Gasteiger partial charge < -0.3 is 9.32 Å². The van der Waals surface area contributed by atoms with E-state index < -0.39 is 0 Å². The highest BCUT2D eigenvalue weighted by Gasteiger charge is 2.26. The monoisotopic (exact) mass is 251 g/mol. The number of aromatic amines is 1. The fourth-order valence-electron chi connectivity index (χ4n) is 2.34. The molecule has 3 rings (SSSR count). The summed E-state index contributed by atoms with van der Waals surface area (Å²) in [5, 5.41) is 14.3. The minimum atomic E-state index is -0.248. The molecule has 7 heteroatoms. The molecule has 1 saturated heterocycles. The first kappa shape index (κ1) is 11.2. The average molecular weight is 251 g/mol. The molecule has 0 amide bonds. The van der Waals surface area contributed by atoms with E-state index in [9.17, 15) is 4.39 Å². The first-order valence-corrected chi connectivity index (χ1v) is 5.98. The third-order valence-corrected chi connectivity index (χ3v) is 3.31. The molecule has 0 aliphatic carbocycles. The summed E-state index contributed by atoms with van der Waals surface area (Å²) in [5.74, 6) is 0.501. The van der Waals surface area contributed by atoms with Gasteiger partial charge in [0.2, 0.25) is 5.89 Å². The van der Waals surface area contributed by atoms with Gasteiger partial charge >= 0.3 is 6.01 Å². The Bertz CT molecular complexity index is 529. The highest BCUT2D eigenvalue weighted by Crippen LogP contribution is 2.29. The largest absolute Gasteiger partial charge is 0.408 e. The lowest BCUT2D eigenvalue weighted by Gasteiger charge is -2.29. The molecule has 2 aromatic heterocycles. The van der Waals surface area contributed by atoms with E-state index in [1.807, 2.05) is 4.90 Å². The molecule has 1 fully saturated rings. The van der Waals surface area contributed by atoms with Crippen LogP contribution in [0.15, 0.2) is 10.6 Å². The summed E-state index contributed by atoms with van der Waals surface area (Å²) in [6, 6.07) is 0.552. The number of piperidine rings is 1. The summed E-state index contributed by atoms with van der Waals surface area (Å²) in [4.78, 5) is 2.03. The van der Waals surface area contributed by atoms with Crippen molar-refractivity contribution in [3.05, 3.63) is 23.6 Å². The highest BCUT2D eigenvalue weighted by atomic mass is 19.1. The Labute approximate surface area is 103 Å². The van der Waals surface area contributed by atoms with Gasteiger partial charge in [-0.25, -0.2) is 4.39 Å². The molecular weight excluding hydrogens is 237 g/mol. The van der Waals surface area contributed by atoms with E-state index in [1.165, 1.54) is 6.20 Å². The van der Waals surface area contributed by atoms with Gasteiger partial charge in [-0.1, -0.05) is 5.10 Å². The molecule has 0 unspecified atom stereocenters. The predicted octanol–water partition coefficient (Wildman–Crippen LogP) is 1.62. The van der Waals surface area contributed by atoms with Crippen LogP contribution in [-0.2, 0) is 0 Å². The van der Waals surface area contributed by atoms with E-state index in [2.05, 4.69) is 20.4 Å². The lowest BCUT2D eigenvalue weighted by Crippen LogP contribution is -2.33. The van der Waals surface area contributed by atoms with Crippen LogP contribution < -0.4 is 4.90 Å². The van der Waals surface area contributed by atoms with Crippen LogP contribution in [0.1, 0.15) is 30.3 Å². The van der Waals surface area contributed by atoms with Gasteiger partial charge in [-0.3, -0.25) is 5.10 Å². The Hall–Kier alpha value is -1.92. The van der Waals surface area contributed by atoms with Crippen LogP contribution in [0.5, 0.6) is 0 Å². The van der Waals surface area contributed by atoms with Gasteiger partial charge in [0, 0.05) is 25.9 Å². The van der Waals surface area contributed by atoms with E-state index in [0.29, 0.717) is 17.6 Å². The van der Waals surface area contributed by atoms with Crippen LogP contribution >= 0.6 is 0 Å². The standard InChI is InChI=1S/C11H14FN5O/c1-7-14-16-11(18-7)17-4-2-8(3-5-17)10-9(12)6-13-15-10/h6,8H,2-5H2,1H3,(H,13,15). The molecule has 2 aromatic rings. The maximum atomic E-state index is 13.4. The lowest BCUT2D eigenvalue weighted by molar-refractivity contribution is 0.436. The Kier molecular flexibility index (Phi) is 2.73. The van der Waals surface area contributed by atoms with E-state index in [1.54, 1.807) is 6.92 Å². The van der Waals surface area contributed by atoms with Crippen LogP contribution in [0.3, 0.4) is 0 Å². The molecule has 1 N–H and O–H groups in total. The smallest absolute Gasteiger partial charge is 0.318 e. The molecule has 0 atom stereocenters. The van der Waals surface area contributed by atoms with Crippen LogP contribution in [0.25, 0.3) is 0 Å². The molecule has 0 aromatic carbocycles. The first-order valence-electron chi connectivity index (χ1n) is 5.98. The maximum absolute atomic E-state index is 13.4. The molecule has 1 aliphatic heterocycles. The van der Waals surface area contributed by atoms with Crippen molar-refractivity contribution >= 4 is 6.01 Å². The number of anilines is 1. The van der Waals surface area contributed by atoms with E-state index in [-0.39, 0.29) is 11.7 Å². The SMILES string of the molecule is Cc1nnc(N2CCC(c3[nH]ncc3F)CC2)o1. The predicted molar refractivity (Wildman–Crippen MR) is 61.8 cm³/mol. The van der Waals surface area contributed by atoms with Crippen molar-refractivity contribution in [2.24, 2.45) is 0 Å². The molecular formula is C11H14FN5O. The molecule has 96 valence electrons.